The van der Waals surface area contributed by atoms with Crippen LogP contribution in [0.1, 0.15) is 37.6 Å². The van der Waals surface area contributed by atoms with Crippen LogP contribution in [-0.4, -0.2) is 37.7 Å². The van der Waals surface area contributed by atoms with E-state index in [0.717, 1.165) is 28.1 Å². The molecular formula is C20H31N5OS. The van der Waals surface area contributed by atoms with Crippen molar-refractivity contribution in [2.75, 3.05) is 26.0 Å². The first-order valence-electron chi connectivity index (χ1n) is 9.03. The van der Waals surface area contributed by atoms with Crippen molar-refractivity contribution in [1.29, 1.82) is 0 Å². The summed E-state index contributed by atoms with van der Waals surface area (Å²) >= 11 is 1.63. The number of nitrogens with zero attached hydrogens (tertiary/aromatic N) is 3. The van der Waals surface area contributed by atoms with Gasteiger partial charge in [0.15, 0.2) is 11.1 Å². The Labute approximate surface area is 166 Å². The normalized spacial score (nSPS) is 12.0. The standard InChI is InChI=1S/C20H31N5OS/c1-14-8-9-15(17(10-14)26-20(2,3)4)11-22-18(21-5)23-12-16-13-27-19(24-16)25(6)7/h8-10,13H,11-12H2,1-7H3,(H2,21,22,23). The van der Waals surface area contributed by atoms with Crippen molar-refractivity contribution in [1.82, 2.24) is 15.6 Å². The number of rotatable bonds is 6. The number of hydrogen-bond acceptors (Lipinski definition) is 5. The van der Waals surface area contributed by atoms with Crippen molar-refractivity contribution in [2.45, 2.75) is 46.4 Å². The number of ether oxygens (including phenoxy) is 1. The lowest BCUT2D eigenvalue weighted by atomic mass is 10.1. The van der Waals surface area contributed by atoms with Crippen LogP contribution in [0, 0.1) is 6.92 Å². The molecule has 0 saturated heterocycles. The first-order valence-corrected chi connectivity index (χ1v) is 9.90. The van der Waals surface area contributed by atoms with Crippen LogP contribution in [0.2, 0.25) is 0 Å². The molecule has 0 spiro atoms. The molecule has 0 radical (unpaired) electrons. The van der Waals surface area contributed by atoms with Crippen molar-refractivity contribution < 1.29 is 4.74 Å². The highest BCUT2D eigenvalue weighted by atomic mass is 32.1. The summed E-state index contributed by atoms with van der Waals surface area (Å²) in [6.45, 7) is 9.51. The van der Waals surface area contributed by atoms with Crippen LogP contribution in [0.5, 0.6) is 5.75 Å². The van der Waals surface area contributed by atoms with Crippen molar-refractivity contribution in [3.8, 4) is 5.75 Å². The molecule has 0 aliphatic carbocycles. The molecule has 0 aliphatic heterocycles. The molecule has 0 fully saturated rings. The highest BCUT2D eigenvalue weighted by molar-refractivity contribution is 7.13. The van der Waals surface area contributed by atoms with E-state index in [0.29, 0.717) is 13.1 Å². The van der Waals surface area contributed by atoms with E-state index < -0.39 is 0 Å². The van der Waals surface area contributed by atoms with Crippen molar-refractivity contribution >= 4 is 22.4 Å². The summed E-state index contributed by atoms with van der Waals surface area (Å²) < 4.78 is 6.12. The monoisotopic (exact) mass is 389 g/mol. The zero-order chi connectivity index (χ0) is 20.0. The number of thiazole rings is 1. The van der Waals surface area contributed by atoms with E-state index in [-0.39, 0.29) is 5.60 Å². The third-order valence-corrected chi connectivity index (χ3v) is 4.73. The molecular weight excluding hydrogens is 358 g/mol. The molecule has 6 nitrogen and oxygen atoms in total. The van der Waals surface area contributed by atoms with Crippen LogP contribution in [-0.2, 0) is 13.1 Å². The highest BCUT2D eigenvalue weighted by Crippen LogP contribution is 2.24. The average Bonchev–Trinajstić information content (AvgIpc) is 3.04. The average molecular weight is 390 g/mol. The van der Waals surface area contributed by atoms with E-state index in [2.05, 4.69) is 71.9 Å². The maximum absolute atomic E-state index is 6.12. The Morgan fingerprint density at radius 1 is 1.22 bits per heavy atom. The molecule has 1 heterocycles. The summed E-state index contributed by atoms with van der Waals surface area (Å²) in [7, 11) is 5.76. The maximum atomic E-state index is 6.12. The van der Waals surface area contributed by atoms with Gasteiger partial charge in [-0.25, -0.2) is 4.98 Å². The Hall–Kier alpha value is -2.28. The molecule has 0 unspecified atom stereocenters. The fraction of sp³-hybridized carbons (Fsp3) is 0.500. The van der Waals surface area contributed by atoms with Gasteiger partial charge in [-0.1, -0.05) is 12.1 Å². The Kier molecular flexibility index (Phi) is 7.07. The van der Waals surface area contributed by atoms with E-state index >= 15 is 0 Å². The van der Waals surface area contributed by atoms with E-state index in [1.165, 1.54) is 5.56 Å². The van der Waals surface area contributed by atoms with Gasteiger partial charge in [0.2, 0.25) is 0 Å². The Morgan fingerprint density at radius 2 is 1.93 bits per heavy atom. The lowest BCUT2D eigenvalue weighted by Crippen LogP contribution is -2.36. The van der Waals surface area contributed by atoms with Gasteiger partial charge in [0.1, 0.15) is 11.4 Å². The minimum Gasteiger partial charge on any atom is -0.488 e. The summed E-state index contributed by atoms with van der Waals surface area (Å²) in [4.78, 5) is 10.9. The number of aliphatic imine (C=N–C) groups is 1. The van der Waals surface area contributed by atoms with Gasteiger partial charge in [-0.2, -0.15) is 0 Å². The van der Waals surface area contributed by atoms with Gasteiger partial charge in [0, 0.05) is 38.6 Å². The minimum atomic E-state index is -0.239. The second kappa shape index (κ2) is 9.08. The van der Waals surface area contributed by atoms with E-state index in [4.69, 9.17) is 4.74 Å². The van der Waals surface area contributed by atoms with Crippen LogP contribution in [0.3, 0.4) is 0 Å². The lowest BCUT2D eigenvalue weighted by molar-refractivity contribution is 0.129. The van der Waals surface area contributed by atoms with Crippen LogP contribution in [0.15, 0.2) is 28.6 Å². The van der Waals surface area contributed by atoms with Crippen LogP contribution >= 0.6 is 11.3 Å². The van der Waals surface area contributed by atoms with Gasteiger partial charge in [-0.3, -0.25) is 4.99 Å². The summed E-state index contributed by atoms with van der Waals surface area (Å²) in [5.74, 6) is 1.64. The van der Waals surface area contributed by atoms with Crippen molar-refractivity contribution in [3.63, 3.8) is 0 Å². The number of anilines is 1. The summed E-state index contributed by atoms with van der Waals surface area (Å²) in [5, 5.41) is 9.73. The second-order valence-corrected chi connectivity index (χ2v) is 8.46. The van der Waals surface area contributed by atoms with Gasteiger partial charge in [0.05, 0.1) is 12.2 Å². The minimum absolute atomic E-state index is 0.239. The molecule has 0 saturated carbocycles. The number of benzene rings is 1. The number of aryl methyl sites for hydroxylation is 1. The first-order chi connectivity index (χ1) is 12.7. The lowest BCUT2D eigenvalue weighted by Gasteiger charge is -2.24. The third-order valence-electron chi connectivity index (χ3n) is 3.67. The fourth-order valence-electron chi connectivity index (χ4n) is 2.39. The largest absolute Gasteiger partial charge is 0.488 e. The van der Waals surface area contributed by atoms with Crippen molar-refractivity contribution in [2.24, 2.45) is 4.99 Å². The van der Waals surface area contributed by atoms with Crippen LogP contribution in [0.25, 0.3) is 0 Å². The van der Waals surface area contributed by atoms with Gasteiger partial charge < -0.3 is 20.3 Å². The summed E-state index contributed by atoms with van der Waals surface area (Å²) in [6, 6.07) is 6.28. The predicted octanol–water partition coefficient (Wildman–Crippen LogP) is 3.56. The van der Waals surface area contributed by atoms with Crippen molar-refractivity contribution in [3.05, 3.63) is 40.4 Å². The Balaban J connectivity index is 1.97. The molecule has 0 bridgehead atoms. The van der Waals surface area contributed by atoms with E-state index in [1.807, 2.05) is 19.0 Å². The first kappa shape index (κ1) is 21.0. The molecule has 1 aromatic carbocycles. The Bertz CT molecular complexity index is 777. The molecule has 0 amide bonds. The summed E-state index contributed by atoms with van der Waals surface area (Å²) in [5.41, 5.74) is 3.04. The molecule has 0 atom stereocenters. The van der Waals surface area contributed by atoms with Gasteiger partial charge in [-0.15, -0.1) is 11.3 Å². The zero-order valence-electron chi connectivity index (χ0n) is 17.4. The molecule has 27 heavy (non-hydrogen) atoms. The number of guanidine groups is 1. The predicted molar refractivity (Wildman–Crippen MR) is 115 cm³/mol. The fourth-order valence-corrected chi connectivity index (χ4v) is 3.15. The van der Waals surface area contributed by atoms with Crippen LogP contribution < -0.4 is 20.3 Å². The highest BCUT2D eigenvalue weighted by Gasteiger charge is 2.15. The number of aromatic nitrogens is 1. The zero-order valence-corrected chi connectivity index (χ0v) is 18.2. The maximum Gasteiger partial charge on any atom is 0.191 e. The third kappa shape index (κ3) is 6.75. The molecule has 7 heteroatoms. The second-order valence-electron chi connectivity index (χ2n) is 7.62. The summed E-state index contributed by atoms with van der Waals surface area (Å²) in [6.07, 6.45) is 0. The van der Waals surface area contributed by atoms with E-state index in [9.17, 15) is 0 Å². The molecule has 2 N–H and O–H groups in total. The Morgan fingerprint density at radius 3 is 2.52 bits per heavy atom. The van der Waals surface area contributed by atoms with E-state index in [1.54, 1.807) is 18.4 Å². The van der Waals surface area contributed by atoms with Gasteiger partial charge in [-0.05, 0) is 39.3 Å². The topological polar surface area (TPSA) is 61.8 Å². The van der Waals surface area contributed by atoms with Crippen LogP contribution in [0.4, 0.5) is 5.13 Å². The molecule has 1 aromatic heterocycles. The molecule has 0 aliphatic rings. The SMILES string of the molecule is CN=C(NCc1csc(N(C)C)n1)NCc1ccc(C)cc1OC(C)(C)C. The smallest absolute Gasteiger partial charge is 0.191 e. The quantitative estimate of drug-likeness (QED) is 0.584. The number of nitrogens with one attached hydrogen (secondary N) is 2. The van der Waals surface area contributed by atoms with Gasteiger partial charge >= 0.3 is 0 Å². The number of hydrogen-bond donors (Lipinski definition) is 2. The molecule has 148 valence electrons. The molecule has 2 rings (SSSR count). The van der Waals surface area contributed by atoms with Gasteiger partial charge in [0.25, 0.3) is 0 Å². The molecule has 2 aromatic rings.